The van der Waals surface area contributed by atoms with E-state index in [2.05, 4.69) is 16.2 Å². The number of benzene rings is 2. The van der Waals surface area contributed by atoms with E-state index in [-0.39, 0.29) is 17.2 Å². The first-order valence-electron chi connectivity index (χ1n) is 7.88. The summed E-state index contributed by atoms with van der Waals surface area (Å²) in [7, 11) is 0. The predicted octanol–water partition coefficient (Wildman–Crippen LogP) is 2.78. The van der Waals surface area contributed by atoms with E-state index in [9.17, 15) is 19.5 Å². The normalized spacial score (nSPS) is 10.1. The summed E-state index contributed by atoms with van der Waals surface area (Å²) in [6.07, 6.45) is 0. The Morgan fingerprint density at radius 2 is 1.48 bits per heavy atom. The van der Waals surface area contributed by atoms with Crippen molar-refractivity contribution in [2.24, 2.45) is 0 Å². The minimum Gasteiger partial charge on any atom is -0.507 e. The Hall–Kier alpha value is -3.65. The second-order valence-corrected chi connectivity index (χ2v) is 6.38. The first-order valence-corrected chi connectivity index (χ1v) is 8.76. The zero-order valence-corrected chi connectivity index (χ0v) is 14.7. The number of phenolic OH excluding ortho intramolecular Hbond substituents is 1. The van der Waals surface area contributed by atoms with Crippen LogP contribution < -0.4 is 16.2 Å². The molecule has 0 atom stereocenters. The van der Waals surface area contributed by atoms with Crippen LogP contribution in [-0.4, -0.2) is 22.8 Å². The molecule has 1 heterocycles. The van der Waals surface area contributed by atoms with Gasteiger partial charge in [-0.25, -0.2) is 0 Å². The fourth-order valence-corrected chi connectivity index (χ4v) is 2.84. The van der Waals surface area contributed by atoms with E-state index in [4.69, 9.17) is 0 Å². The van der Waals surface area contributed by atoms with Crippen LogP contribution in [0.15, 0.2) is 66.0 Å². The molecule has 4 N–H and O–H groups in total. The van der Waals surface area contributed by atoms with Gasteiger partial charge in [-0.05, 0) is 47.8 Å². The molecule has 0 radical (unpaired) electrons. The average molecular weight is 381 g/mol. The van der Waals surface area contributed by atoms with E-state index < -0.39 is 11.8 Å². The molecule has 0 aliphatic heterocycles. The van der Waals surface area contributed by atoms with Crippen molar-refractivity contribution < 1.29 is 19.5 Å². The van der Waals surface area contributed by atoms with E-state index in [1.807, 2.05) is 5.38 Å². The summed E-state index contributed by atoms with van der Waals surface area (Å²) in [5.41, 5.74) is 5.39. The largest absolute Gasteiger partial charge is 0.507 e. The molecule has 0 aliphatic carbocycles. The van der Waals surface area contributed by atoms with Gasteiger partial charge in [0.25, 0.3) is 17.7 Å². The molecule has 27 heavy (non-hydrogen) atoms. The van der Waals surface area contributed by atoms with Gasteiger partial charge in [0.15, 0.2) is 0 Å². The van der Waals surface area contributed by atoms with Gasteiger partial charge in [-0.3, -0.25) is 25.2 Å². The number of rotatable bonds is 4. The van der Waals surface area contributed by atoms with Crippen LogP contribution >= 0.6 is 11.3 Å². The topological polar surface area (TPSA) is 108 Å². The number of carbonyl (C=O) groups excluding carboxylic acids is 3. The van der Waals surface area contributed by atoms with Gasteiger partial charge in [-0.15, -0.1) is 11.3 Å². The summed E-state index contributed by atoms with van der Waals surface area (Å²) in [5.74, 6) is -1.58. The highest BCUT2D eigenvalue weighted by molar-refractivity contribution is 7.12. The van der Waals surface area contributed by atoms with E-state index in [1.165, 1.54) is 35.6 Å². The lowest BCUT2D eigenvalue weighted by atomic mass is 10.2. The Kier molecular flexibility index (Phi) is 5.48. The molecule has 1 aromatic heterocycles. The standard InChI is InChI=1S/C19H15N3O4S/c23-15-5-2-1-4-14(15)18(25)22-21-17(24)12-7-9-13(10-8-12)20-19(26)16-6-3-11-27-16/h1-11,23H,(H,20,26)(H,21,24)(H,22,25). The Morgan fingerprint density at radius 3 is 2.15 bits per heavy atom. The lowest BCUT2D eigenvalue weighted by Gasteiger charge is -2.09. The summed E-state index contributed by atoms with van der Waals surface area (Å²) >= 11 is 1.33. The van der Waals surface area contributed by atoms with E-state index >= 15 is 0 Å². The van der Waals surface area contributed by atoms with Crippen LogP contribution in [0.4, 0.5) is 5.69 Å². The second kappa shape index (κ2) is 8.15. The highest BCUT2D eigenvalue weighted by Gasteiger charge is 2.12. The van der Waals surface area contributed by atoms with Crippen LogP contribution in [0.25, 0.3) is 0 Å². The molecule has 7 nitrogen and oxygen atoms in total. The fraction of sp³-hybridized carbons (Fsp3) is 0. The molecule has 0 saturated heterocycles. The van der Waals surface area contributed by atoms with Gasteiger partial charge < -0.3 is 10.4 Å². The number of carbonyl (C=O) groups is 3. The number of para-hydroxylation sites is 1. The average Bonchev–Trinajstić information content (AvgIpc) is 3.22. The van der Waals surface area contributed by atoms with Crippen molar-refractivity contribution in [3.63, 3.8) is 0 Å². The van der Waals surface area contributed by atoms with Crippen molar-refractivity contribution >= 4 is 34.7 Å². The first kappa shape index (κ1) is 18.2. The Balaban J connectivity index is 1.57. The molecular weight excluding hydrogens is 366 g/mol. The van der Waals surface area contributed by atoms with Crippen molar-refractivity contribution in [1.29, 1.82) is 0 Å². The number of hydrogen-bond donors (Lipinski definition) is 4. The SMILES string of the molecule is O=C(NNC(=O)c1ccccc1O)c1ccc(NC(=O)c2cccs2)cc1. The number of anilines is 1. The zero-order valence-electron chi connectivity index (χ0n) is 13.9. The number of hydrogen-bond acceptors (Lipinski definition) is 5. The third kappa shape index (κ3) is 4.50. The van der Waals surface area contributed by atoms with Gasteiger partial charge in [0, 0.05) is 11.3 Å². The van der Waals surface area contributed by atoms with Crippen LogP contribution in [0.5, 0.6) is 5.75 Å². The molecule has 0 spiro atoms. The van der Waals surface area contributed by atoms with Gasteiger partial charge in [-0.2, -0.15) is 0 Å². The minimum atomic E-state index is -0.638. The van der Waals surface area contributed by atoms with E-state index in [0.29, 0.717) is 16.1 Å². The summed E-state index contributed by atoms with van der Waals surface area (Å²) in [5, 5.41) is 14.2. The second-order valence-electron chi connectivity index (χ2n) is 5.43. The molecule has 3 aromatic rings. The fourth-order valence-electron chi connectivity index (χ4n) is 2.22. The number of hydrazine groups is 1. The summed E-state index contributed by atoms with van der Waals surface area (Å²) < 4.78 is 0. The number of amides is 3. The zero-order chi connectivity index (χ0) is 19.2. The van der Waals surface area contributed by atoms with Crippen molar-refractivity contribution in [1.82, 2.24) is 10.9 Å². The van der Waals surface area contributed by atoms with Crippen LogP contribution in [0.3, 0.4) is 0 Å². The number of phenols is 1. The van der Waals surface area contributed by atoms with Crippen LogP contribution in [0.1, 0.15) is 30.4 Å². The molecule has 0 aliphatic rings. The van der Waals surface area contributed by atoms with Crippen molar-refractivity contribution in [2.45, 2.75) is 0 Å². The minimum absolute atomic E-state index is 0.0458. The molecule has 0 bridgehead atoms. The third-order valence-corrected chi connectivity index (χ3v) is 4.46. The number of nitrogens with one attached hydrogen (secondary N) is 3. The van der Waals surface area contributed by atoms with Crippen molar-refractivity contribution in [2.75, 3.05) is 5.32 Å². The summed E-state index contributed by atoms with van der Waals surface area (Å²) in [6, 6.07) is 15.7. The van der Waals surface area contributed by atoms with E-state index in [1.54, 1.807) is 36.4 Å². The maximum absolute atomic E-state index is 12.1. The van der Waals surface area contributed by atoms with Gasteiger partial charge in [0.1, 0.15) is 5.75 Å². The summed E-state index contributed by atoms with van der Waals surface area (Å²) in [6.45, 7) is 0. The molecule has 3 rings (SSSR count). The monoisotopic (exact) mass is 381 g/mol. The molecule has 2 aromatic carbocycles. The molecular formula is C19H15N3O4S. The van der Waals surface area contributed by atoms with Crippen LogP contribution in [0, 0.1) is 0 Å². The lowest BCUT2D eigenvalue weighted by Crippen LogP contribution is -2.41. The van der Waals surface area contributed by atoms with Crippen molar-refractivity contribution in [3.05, 3.63) is 82.0 Å². The number of thiophene rings is 1. The third-order valence-electron chi connectivity index (χ3n) is 3.59. The molecule has 8 heteroatoms. The molecule has 0 fully saturated rings. The van der Waals surface area contributed by atoms with Crippen LogP contribution in [-0.2, 0) is 0 Å². The van der Waals surface area contributed by atoms with Crippen molar-refractivity contribution in [3.8, 4) is 5.75 Å². The summed E-state index contributed by atoms with van der Waals surface area (Å²) in [4.78, 5) is 36.6. The highest BCUT2D eigenvalue weighted by Crippen LogP contribution is 2.15. The first-order chi connectivity index (χ1) is 13.0. The molecule has 3 amide bonds. The molecule has 0 unspecified atom stereocenters. The quantitative estimate of drug-likeness (QED) is 0.521. The maximum Gasteiger partial charge on any atom is 0.273 e. The number of aromatic hydroxyl groups is 1. The van der Waals surface area contributed by atoms with Gasteiger partial charge in [0.2, 0.25) is 0 Å². The predicted molar refractivity (Wildman–Crippen MR) is 102 cm³/mol. The highest BCUT2D eigenvalue weighted by atomic mass is 32.1. The Bertz CT molecular complexity index is 969. The Morgan fingerprint density at radius 1 is 0.778 bits per heavy atom. The van der Waals surface area contributed by atoms with E-state index in [0.717, 1.165) is 0 Å². The van der Waals surface area contributed by atoms with Crippen LogP contribution in [0.2, 0.25) is 0 Å². The molecule has 136 valence electrons. The van der Waals surface area contributed by atoms with Gasteiger partial charge in [-0.1, -0.05) is 18.2 Å². The van der Waals surface area contributed by atoms with Gasteiger partial charge >= 0.3 is 0 Å². The Labute approximate surface area is 158 Å². The molecule has 0 saturated carbocycles. The smallest absolute Gasteiger partial charge is 0.273 e. The maximum atomic E-state index is 12.1. The lowest BCUT2D eigenvalue weighted by molar-refractivity contribution is 0.0845. The van der Waals surface area contributed by atoms with Gasteiger partial charge in [0.05, 0.1) is 10.4 Å².